The molecule has 0 saturated heterocycles. The van der Waals surface area contributed by atoms with E-state index in [1.165, 1.54) is 22.3 Å². The van der Waals surface area contributed by atoms with E-state index in [1.807, 2.05) is 0 Å². The molecule has 0 aromatic heterocycles. The molecule has 0 N–H and O–H groups in total. The van der Waals surface area contributed by atoms with Crippen LogP contribution in [0.3, 0.4) is 0 Å². The summed E-state index contributed by atoms with van der Waals surface area (Å²) in [6.45, 7) is 4.23. The zero-order valence-electron chi connectivity index (χ0n) is 8.63. The molecule has 0 unspecified atom stereocenters. The molecule has 0 radical (unpaired) electrons. The lowest BCUT2D eigenvalue weighted by molar-refractivity contribution is -0.114. The molecule has 0 aliphatic heterocycles. The average molecular weight is 186 g/mol. The second-order valence-electron chi connectivity index (χ2n) is 3.88. The zero-order valence-corrected chi connectivity index (χ0v) is 8.63. The molecule has 1 heteroatoms. The highest BCUT2D eigenvalue weighted by Crippen LogP contribution is 2.29. The van der Waals surface area contributed by atoms with Gasteiger partial charge in [-0.25, -0.2) is 0 Å². The van der Waals surface area contributed by atoms with E-state index in [0.717, 1.165) is 6.42 Å². The van der Waals surface area contributed by atoms with Gasteiger partial charge in [0.25, 0.3) is 0 Å². The molecule has 0 atom stereocenters. The minimum absolute atomic E-state index is 0.265. The van der Waals surface area contributed by atoms with Gasteiger partial charge in [0.1, 0.15) is 0 Å². The minimum atomic E-state index is 0.265. The van der Waals surface area contributed by atoms with Gasteiger partial charge in [0, 0.05) is 6.42 Å². The van der Waals surface area contributed by atoms with E-state index in [4.69, 9.17) is 0 Å². The third-order valence-corrected chi connectivity index (χ3v) is 2.93. The van der Waals surface area contributed by atoms with E-state index >= 15 is 0 Å². The van der Waals surface area contributed by atoms with Crippen molar-refractivity contribution in [1.29, 1.82) is 0 Å². The first-order valence-corrected chi connectivity index (χ1v) is 4.98. The summed E-state index contributed by atoms with van der Waals surface area (Å²) in [5.41, 5.74) is 5.04. The van der Waals surface area contributed by atoms with Crippen LogP contribution in [0.25, 0.3) is 5.57 Å². The summed E-state index contributed by atoms with van der Waals surface area (Å²) in [5, 5.41) is 0. The van der Waals surface area contributed by atoms with Crippen LogP contribution < -0.4 is 0 Å². The molecule has 1 nitrogen and oxygen atoms in total. The number of carbonyl (C=O) groups excluding carboxylic acids is 1. The SMILES string of the molecule is Cc1cccc(C2=CC(=O)CC2)c1C. The van der Waals surface area contributed by atoms with Crippen LogP contribution in [0.5, 0.6) is 0 Å². The summed E-state index contributed by atoms with van der Waals surface area (Å²) < 4.78 is 0. The monoisotopic (exact) mass is 186 g/mol. The van der Waals surface area contributed by atoms with Crippen molar-refractivity contribution >= 4 is 11.4 Å². The average Bonchev–Trinajstić information content (AvgIpc) is 2.57. The fraction of sp³-hybridized carbons (Fsp3) is 0.308. The predicted molar refractivity (Wildman–Crippen MR) is 58.1 cm³/mol. The quantitative estimate of drug-likeness (QED) is 0.658. The summed E-state index contributed by atoms with van der Waals surface area (Å²) >= 11 is 0. The Bertz CT molecular complexity index is 413. The molecule has 1 aromatic rings. The van der Waals surface area contributed by atoms with Gasteiger partial charge in [-0.3, -0.25) is 4.79 Å². The Balaban J connectivity index is 2.47. The number of hydrogen-bond donors (Lipinski definition) is 0. The molecule has 0 bridgehead atoms. The fourth-order valence-electron chi connectivity index (χ4n) is 1.91. The Morgan fingerprint density at radius 3 is 2.57 bits per heavy atom. The number of benzene rings is 1. The topological polar surface area (TPSA) is 17.1 Å². The number of ketones is 1. The second-order valence-corrected chi connectivity index (χ2v) is 3.88. The summed E-state index contributed by atoms with van der Waals surface area (Å²) in [5.74, 6) is 0.265. The molecule has 0 amide bonds. The summed E-state index contributed by atoms with van der Waals surface area (Å²) in [6.07, 6.45) is 3.38. The summed E-state index contributed by atoms with van der Waals surface area (Å²) in [4.78, 5) is 11.1. The van der Waals surface area contributed by atoms with Gasteiger partial charge < -0.3 is 0 Å². The van der Waals surface area contributed by atoms with Crippen LogP contribution in [-0.4, -0.2) is 5.78 Å². The van der Waals surface area contributed by atoms with Gasteiger partial charge in [-0.2, -0.15) is 0 Å². The molecule has 72 valence electrons. The lowest BCUT2D eigenvalue weighted by Crippen LogP contribution is -1.89. The number of allylic oxidation sites excluding steroid dienone is 2. The van der Waals surface area contributed by atoms with Crippen molar-refractivity contribution in [2.24, 2.45) is 0 Å². The van der Waals surface area contributed by atoms with Gasteiger partial charge in [0.15, 0.2) is 5.78 Å². The van der Waals surface area contributed by atoms with Crippen LogP contribution in [0, 0.1) is 13.8 Å². The molecule has 2 rings (SSSR count). The van der Waals surface area contributed by atoms with Gasteiger partial charge in [-0.05, 0) is 48.6 Å². The Morgan fingerprint density at radius 1 is 1.14 bits per heavy atom. The van der Waals surface area contributed by atoms with Crippen LogP contribution in [-0.2, 0) is 4.79 Å². The van der Waals surface area contributed by atoms with E-state index < -0.39 is 0 Å². The van der Waals surface area contributed by atoms with Crippen LogP contribution >= 0.6 is 0 Å². The molecule has 0 spiro atoms. The van der Waals surface area contributed by atoms with Crippen molar-refractivity contribution in [2.75, 3.05) is 0 Å². The third-order valence-electron chi connectivity index (χ3n) is 2.93. The summed E-state index contributed by atoms with van der Waals surface area (Å²) in [6, 6.07) is 6.27. The first-order valence-electron chi connectivity index (χ1n) is 4.98. The van der Waals surface area contributed by atoms with Crippen molar-refractivity contribution < 1.29 is 4.79 Å². The highest BCUT2D eigenvalue weighted by atomic mass is 16.1. The number of aryl methyl sites for hydroxylation is 1. The van der Waals surface area contributed by atoms with Gasteiger partial charge in [-0.15, -0.1) is 0 Å². The maximum absolute atomic E-state index is 11.1. The molecule has 0 saturated carbocycles. The predicted octanol–water partition coefficient (Wildman–Crippen LogP) is 3.05. The van der Waals surface area contributed by atoms with Gasteiger partial charge >= 0.3 is 0 Å². The Labute approximate surface area is 84.5 Å². The molecule has 14 heavy (non-hydrogen) atoms. The van der Waals surface area contributed by atoms with Gasteiger partial charge in [-0.1, -0.05) is 18.2 Å². The molecule has 0 heterocycles. The van der Waals surface area contributed by atoms with Crippen molar-refractivity contribution in [3.8, 4) is 0 Å². The van der Waals surface area contributed by atoms with Gasteiger partial charge in [0.2, 0.25) is 0 Å². The largest absolute Gasteiger partial charge is 0.295 e. The van der Waals surface area contributed by atoms with Gasteiger partial charge in [0.05, 0.1) is 0 Å². The maximum atomic E-state index is 11.1. The smallest absolute Gasteiger partial charge is 0.156 e. The zero-order chi connectivity index (χ0) is 10.1. The molecule has 1 aromatic carbocycles. The molecular weight excluding hydrogens is 172 g/mol. The number of hydrogen-bond acceptors (Lipinski definition) is 1. The molecule has 1 aliphatic rings. The Morgan fingerprint density at radius 2 is 1.93 bits per heavy atom. The standard InChI is InChI=1S/C13H14O/c1-9-4-3-5-13(10(9)2)11-6-7-12(14)8-11/h3-5,8H,6-7H2,1-2H3. The normalized spacial score (nSPS) is 15.9. The second kappa shape index (κ2) is 3.41. The fourth-order valence-corrected chi connectivity index (χ4v) is 1.91. The first kappa shape index (κ1) is 9.20. The van der Waals surface area contributed by atoms with E-state index in [2.05, 4.69) is 32.0 Å². The maximum Gasteiger partial charge on any atom is 0.156 e. The van der Waals surface area contributed by atoms with Crippen molar-refractivity contribution in [3.63, 3.8) is 0 Å². The van der Waals surface area contributed by atoms with Crippen LogP contribution in [0.4, 0.5) is 0 Å². The lowest BCUT2D eigenvalue weighted by Gasteiger charge is -2.08. The number of rotatable bonds is 1. The van der Waals surface area contributed by atoms with E-state index in [1.54, 1.807) is 6.08 Å². The van der Waals surface area contributed by atoms with Crippen LogP contribution in [0.1, 0.15) is 29.5 Å². The molecule has 1 aliphatic carbocycles. The first-order chi connectivity index (χ1) is 6.68. The molecular formula is C13H14O. The molecule has 0 fully saturated rings. The third kappa shape index (κ3) is 1.50. The van der Waals surface area contributed by atoms with Crippen molar-refractivity contribution in [2.45, 2.75) is 26.7 Å². The Kier molecular flexibility index (Phi) is 2.24. The van der Waals surface area contributed by atoms with E-state index in [0.29, 0.717) is 6.42 Å². The summed E-state index contributed by atoms with van der Waals surface area (Å²) in [7, 11) is 0. The van der Waals surface area contributed by atoms with E-state index in [-0.39, 0.29) is 5.78 Å². The van der Waals surface area contributed by atoms with Crippen LogP contribution in [0.15, 0.2) is 24.3 Å². The van der Waals surface area contributed by atoms with Crippen molar-refractivity contribution in [3.05, 3.63) is 41.0 Å². The van der Waals surface area contributed by atoms with Crippen LogP contribution in [0.2, 0.25) is 0 Å². The van der Waals surface area contributed by atoms with Crippen molar-refractivity contribution in [1.82, 2.24) is 0 Å². The minimum Gasteiger partial charge on any atom is -0.295 e. The highest BCUT2D eigenvalue weighted by molar-refractivity contribution is 6.01. The number of carbonyl (C=O) groups is 1. The highest BCUT2D eigenvalue weighted by Gasteiger charge is 2.15. The lowest BCUT2D eigenvalue weighted by atomic mass is 9.97. The Hall–Kier alpha value is -1.37. The van der Waals surface area contributed by atoms with E-state index in [9.17, 15) is 4.79 Å².